The molecule has 0 amide bonds. The summed E-state index contributed by atoms with van der Waals surface area (Å²) in [5.74, 6) is -0.384. The molecule has 0 unspecified atom stereocenters. The van der Waals surface area contributed by atoms with E-state index in [1.54, 1.807) is 6.08 Å². The summed E-state index contributed by atoms with van der Waals surface area (Å²) in [5.41, 5.74) is 0. The van der Waals surface area contributed by atoms with Gasteiger partial charge in [0.25, 0.3) is 0 Å². The molecule has 0 rings (SSSR count). The average molecular weight is 155 g/mol. The van der Waals surface area contributed by atoms with Crippen LogP contribution >= 0.6 is 0 Å². The Balaban J connectivity index is 3.07. The summed E-state index contributed by atoms with van der Waals surface area (Å²) in [7, 11) is 0. The Labute approximate surface area is 66.7 Å². The van der Waals surface area contributed by atoms with Gasteiger partial charge in [-0.1, -0.05) is 12.7 Å². The maximum absolute atomic E-state index is 10.5. The molecule has 3 heteroatoms. The summed E-state index contributed by atoms with van der Waals surface area (Å²) in [5, 5.41) is 2.98. The summed E-state index contributed by atoms with van der Waals surface area (Å²) in [6.45, 7) is 8.53. The van der Waals surface area contributed by atoms with Crippen LogP contribution in [0.1, 0.15) is 0 Å². The fraction of sp³-hybridized carbons (Fsp3) is 0.375. The van der Waals surface area contributed by atoms with Crippen LogP contribution < -0.4 is 5.32 Å². The first kappa shape index (κ1) is 9.91. The van der Waals surface area contributed by atoms with Crippen LogP contribution in [-0.2, 0) is 9.53 Å². The predicted octanol–water partition coefficient (Wildman–Crippen LogP) is 0.491. The lowest BCUT2D eigenvalue weighted by atomic mass is 10.6. The number of ether oxygens (including phenoxy) is 1. The minimum absolute atomic E-state index is 0.374. The number of hydrogen-bond donors (Lipinski definition) is 1. The van der Waals surface area contributed by atoms with E-state index in [0.29, 0.717) is 13.2 Å². The van der Waals surface area contributed by atoms with Crippen molar-refractivity contribution >= 4 is 5.97 Å². The van der Waals surface area contributed by atoms with Crippen LogP contribution in [0.5, 0.6) is 0 Å². The van der Waals surface area contributed by atoms with Crippen molar-refractivity contribution in [2.24, 2.45) is 0 Å². The zero-order valence-corrected chi connectivity index (χ0v) is 6.51. The van der Waals surface area contributed by atoms with Crippen molar-refractivity contribution in [3.8, 4) is 0 Å². The Morgan fingerprint density at radius 2 is 2.27 bits per heavy atom. The van der Waals surface area contributed by atoms with Crippen molar-refractivity contribution in [1.29, 1.82) is 0 Å². The van der Waals surface area contributed by atoms with Gasteiger partial charge in [0.2, 0.25) is 0 Å². The van der Waals surface area contributed by atoms with Crippen molar-refractivity contribution in [3.63, 3.8) is 0 Å². The molecule has 0 aliphatic heterocycles. The Kier molecular flexibility index (Phi) is 6.33. The van der Waals surface area contributed by atoms with Gasteiger partial charge in [0.1, 0.15) is 6.61 Å². The maximum Gasteiger partial charge on any atom is 0.330 e. The molecule has 0 heterocycles. The van der Waals surface area contributed by atoms with Gasteiger partial charge in [-0.2, -0.15) is 0 Å². The number of rotatable bonds is 6. The molecule has 0 aromatic heterocycles. The Bertz CT molecular complexity index is 143. The van der Waals surface area contributed by atoms with Crippen LogP contribution in [0.15, 0.2) is 25.3 Å². The van der Waals surface area contributed by atoms with Crippen molar-refractivity contribution in [3.05, 3.63) is 25.3 Å². The maximum atomic E-state index is 10.5. The summed E-state index contributed by atoms with van der Waals surface area (Å²) in [6, 6.07) is 0. The van der Waals surface area contributed by atoms with Gasteiger partial charge in [-0.25, -0.2) is 4.79 Å². The van der Waals surface area contributed by atoms with Crippen molar-refractivity contribution in [2.45, 2.75) is 0 Å². The van der Waals surface area contributed by atoms with Gasteiger partial charge in [0.15, 0.2) is 0 Å². The largest absolute Gasteiger partial charge is 0.461 e. The molecule has 0 fully saturated rings. The minimum atomic E-state index is -0.384. The lowest BCUT2D eigenvalue weighted by Gasteiger charge is -2.01. The second kappa shape index (κ2) is 7.02. The van der Waals surface area contributed by atoms with E-state index in [2.05, 4.69) is 23.2 Å². The number of hydrogen-bond acceptors (Lipinski definition) is 3. The number of carbonyl (C=O) groups excluding carboxylic acids is 1. The van der Waals surface area contributed by atoms with E-state index < -0.39 is 0 Å². The highest BCUT2D eigenvalue weighted by Gasteiger charge is 1.92. The first-order chi connectivity index (χ1) is 5.31. The van der Waals surface area contributed by atoms with E-state index in [1.165, 1.54) is 0 Å². The molecule has 11 heavy (non-hydrogen) atoms. The van der Waals surface area contributed by atoms with Gasteiger partial charge >= 0.3 is 5.97 Å². The second-order valence-corrected chi connectivity index (χ2v) is 1.86. The molecule has 62 valence electrons. The minimum Gasteiger partial charge on any atom is -0.461 e. The molecule has 0 saturated heterocycles. The van der Waals surface area contributed by atoms with E-state index in [9.17, 15) is 4.79 Å². The van der Waals surface area contributed by atoms with Crippen LogP contribution in [0.2, 0.25) is 0 Å². The van der Waals surface area contributed by atoms with Gasteiger partial charge in [0, 0.05) is 19.2 Å². The molecule has 0 aromatic rings. The second-order valence-electron chi connectivity index (χ2n) is 1.86. The molecule has 3 nitrogen and oxygen atoms in total. The van der Waals surface area contributed by atoms with Gasteiger partial charge < -0.3 is 10.1 Å². The molecule has 0 aliphatic rings. The van der Waals surface area contributed by atoms with Crippen LogP contribution in [0, 0.1) is 0 Å². The first-order valence-electron chi connectivity index (χ1n) is 3.42. The Morgan fingerprint density at radius 3 is 2.82 bits per heavy atom. The fourth-order valence-electron chi connectivity index (χ4n) is 0.487. The predicted molar refractivity (Wildman–Crippen MR) is 44.2 cm³/mol. The van der Waals surface area contributed by atoms with Gasteiger partial charge in [-0.3, -0.25) is 0 Å². The Morgan fingerprint density at radius 1 is 1.55 bits per heavy atom. The topological polar surface area (TPSA) is 38.3 Å². The highest BCUT2D eigenvalue weighted by Crippen LogP contribution is 1.76. The van der Waals surface area contributed by atoms with E-state index >= 15 is 0 Å². The van der Waals surface area contributed by atoms with Crippen molar-refractivity contribution in [1.82, 2.24) is 5.32 Å². The lowest BCUT2D eigenvalue weighted by Crippen LogP contribution is -2.20. The third kappa shape index (κ3) is 6.80. The third-order valence-corrected chi connectivity index (χ3v) is 0.979. The quantitative estimate of drug-likeness (QED) is 0.262. The summed E-state index contributed by atoms with van der Waals surface area (Å²) in [6.07, 6.45) is 2.89. The normalized spacial score (nSPS) is 8.73. The molecular formula is C8H13NO2. The zero-order chi connectivity index (χ0) is 8.53. The standard InChI is InChI=1S/C8H13NO2/c1-3-5-9-6-7-11-8(10)4-2/h3-4,9H,1-2,5-7H2. The SMILES string of the molecule is C=CCNCCOC(=O)C=C. The molecule has 0 aliphatic carbocycles. The van der Waals surface area contributed by atoms with Gasteiger partial charge in [-0.15, -0.1) is 6.58 Å². The fourth-order valence-corrected chi connectivity index (χ4v) is 0.487. The van der Waals surface area contributed by atoms with Gasteiger partial charge in [0.05, 0.1) is 0 Å². The Hall–Kier alpha value is -1.09. The van der Waals surface area contributed by atoms with Crippen LogP contribution in [0.25, 0.3) is 0 Å². The molecule has 1 N–H and O–H groups in total. The van der Waals surface area contributed by atoms with E-state index in [-0.39, 0.29) is 5.97 Å². The van der Waals surface area contributed by atoms with E-state index in [0.717, 1.165) is 12.6 Å². The van der Waals surface area contributed by atoms with Crippen LogP contribution in [0.3, 0.4) is 0 Å². The summed E-state index contributed by atoms with van der Waals surface area (Å²) in [4.78, 5) is 10.5. The number of nitrogens with one attached hydrogen (secondary N) is 1. The highest BCUT2D eigenvalue weighted by atomic mass is 16.5. The lowest BCUT2D eigenvalue weighted by molar-refractivity contribution is -0.137. The van der Waals surface area contributed by atoms with Crippen LogP contribution in [-0.4, -0.2) is 25.7 Å². The molecular weight excluding hydrogens is 142 g/mol. The molecule has 0 aromatic carbocycles. The molecule has 0 bridgehead atoms. The van der Waals surface area contributed by atoms with Crippen LogP contribution in [0.4, 0.5) is 0 Å². The first-order valence-corrected chi connectivity index (χ1v) is 3.42. The van der Waals surface area contributed by atoms with Crippen molar-refractivity contribution < 1.29 is 9.53 Å². The van der Waals surface area contributed by atoms with Crippen molar-refractivity contribution in [2.75, 3.05) is 19.7 Å². The van der Waals surface area contributed by atoms with E-state index in [1.807, 2.05) is 0 Å². The highest BCUT2D eigenvalue weighted by molar-refractivity contribution is 5.81. The van der Waals surface area contributed by atoms with E-state index in [4.69, 9.17) is 0 Å². The molecule has 0 atom stereocenters. The third-order valence-electron chi connectivity index (χ3n) is 0.979. The monoisotopic (exact) mass is 155 g/mol. The zero-order valence-electron chi connectivity index (χ0n) is 6.51. The summed E-state index contributed by atoms with van der Waals surface area (Å²) >= 11 is 0. The molecule has 0 spiro atoms. The van der Waals surface area contributed by atoms with Gasteiger partial charge in [-0.05, 0) is 0 Å². The summed E-state index contributed by atoms with van der Waals surface area (Å²) < 4.78 is 4.68. The average Bonchev–Trinajstić information content (AvgIpc) is 2.04. The number of carbonyl (C=O) groups is 1. The molecule has 0 saturated carbocycles. The smallest absolute Gasteiger partial charge is 0.330 e. The number of esters is 1. The molecule has 0 radical (unpaired) electrons.